The predicted molar refractivity (Wildman–Crippen MR) is 106 cm³/mol. The van der Waals surface area contributed by atoms with Crippen LogP contribution in [0, 0.1) is 13.8 Å². The average molecular weight is 360 g/mol. The molecule has 4 rings (SSSR count). The van der Waals surface area contributed by atoms with Gasteiger partial charge in [0.2, 0.25) is 0 Å². The van der Waals surface area contributed by atoms with Crippen molar-refractivity contribution < 1.29 is 4.79 Å². The van der Waals surface area contributed by atoms with Crippen LogP contribution in [0.4, 0.5) is 4.79 Å². The smallest absolute Gasteiger partial charge is 0.317 e. The Morgan fingerprint density at radius 3 is 2.48 bits per heavy atom. The number of nitrogens with zero attached hydrogens (tertiary/aromatic N) is 3. The first kappa shape index (κ1) is 17.3. The Hall–Kier alpha value is -3.08. The van der Waals surface area contributed by atoms with Gasteiger partial charge in [-0.2, -0.15) is 0 Å². The van der Waals surface area contributed by atoms with E-state index in [-0.39, 0.29) is 12.1 Å². The highest BCUT2D eigenvalue weighted by Gasteiger charge is 2.33. The summed E-state index contributed by atoms with van der Waals surface area (Å²) >= 11 is 0. The molecule has 2 heterocycles. The molecule has 0 bridgehead atoms. The fourth-order valence-electron chi connectivity index (χ4n) is 3.49. The van der Waals surface area contributed by atoms with Crippen LogP contribution in [0.25, 0.3) is 11.4 Å². The number of nitrogens with one attached hydrogen (secondary N) is 1. The van der Waals surface area contributed by atoms with Crippen LogP contribution in [0.2, 0.25) is 0 Å². The Morgan fingerprint density at radius 1 is 1.07 bits per heavy atom. The minimum absolute atomic E-state index is 0.00847. The largest absolute Gasteiger partial charge is 0.334 e. The van der Waals surface area contributed by atoms with Crippen molar-refractivity contribution in [3.8, 4) is 11.4 Å². The SMILES string of the molecule is Cc1ccc(CNC(=O)N2CC(n3c(C)cnc3-c3ccccc3)C2)cc1. The molecule has 0 atom stereocenters. The Bertz CT molecular complexity index is 925. The zero-order valence-electron chi connectivity index (χ0n) is 15.7. The van der Waals surface area contributed by atoms with Crippen molar-refractivity contribution in [2.75, 3.05) is 13.1 Å². The maximum Gasteiger partial charge on any atom is 0.317 e. The van der Waals surface area contributed by atoms with Crippen molar-refractivity contribution in [3.63, 3.8) is 0 Å². The predicted octanol–water partition coefficient (Wildman–Crippen LogP) is 3.93. The van der Waals surface area contributed by atoms with Crippen molar-refractivity contribution in [2.45, 2.75) is 26.4 Å². The number of aryl methyl sites for hydroxylation is 2. The van der Waals surface area contributed by atoms with Crippen molar-refractivity contribution in [1.29, 1.82) is 0 Å². The van der Waals surface area contributed by atoms with E-state index in [4.69, 9.17) is 0 Å². The molecule has 1 aliphatic heterocycles. The highest BCUT2D eigenvalue weighted by atomic mass is 16.2. The lowest BCUT2D eigenvalue weighted by molar-refractivity contribution is 0.124. The van der Waals surface area contributed by atoms with Crippen LogP contribution in [0.3, 0.4) is 0 Å². The van der Waals surface area contributed by atoms with E-state index in [1.807, 2.05) is 29.3 Å². The summed E-state index contributed by atoms with van der Waals surface area (Å²) in [6, 6.07) is 18.7. The molecule has 0 aliphatic carbocycles. The van der Waals surface area contributed by atoms with E-state index in [9.17, 15) is 4.79 Å². The fraction of sp³-hybridized carbons (Fsp3) is 0.273. The summed E-state index contributed by atoms with van der Waals surface area (Å²) in [5, 5.41) is 3.01. The number of hydrogen-bond acceptors (Lipinski definition) is 2. The molecule has 1 aromatic heterocycles. The third kappa shape index (κ3) is 3.58. The molecule has 0 unspecified atom stereocenters. The molecule has 1 saturated heterocycles. The van der Waals surface area contributed by atoms with Gasteiger partial charge in [0.15, 0.2) is 0 Å². The van der Waals surface area contributed by atoms with Gasteiger partial charge >= 0.3 is 6.03 Å². The molecule has 0 spiro atoms. The molecule has 1 fully saturated rings. The summed E-state index contributed by atoms with van der Waals surface area (Å²) in [5.74, 6) is 0.970. The zero-order chi connectivity index (χ0) is 18.8. The third-order valence-corrected chi connectivity index (χ3v) is 5.09. The van der Waals surface area contributed by atoms with Crippen molar-refractivity contribution in [1.82, 2.24) is 19.8 Å². The van der Waals surface area contributed by atoms with Crippen LogP contribution < -0.4 is 5.32 Å². The van der Waals surface area contributed by atoms with Gasteiger partial charge in [-0.15, -0.1) is 0 Å². The topological polar surface area (TPSA) is 50.2 Å². The summed E-state index contributed by atoms with van der Waals surface area (Å²) in [5.41, 5.74) is 4.56. The number of urea groups is 1. The quantitative estimate of drug-likeness (QED) is 0.766. The number of rotatable bonds is 4. The van der Waals surface area contributed by atoms with E-state index in [2.05, 4.69) is 65.1 Å². The van der Waals surface area contributed by atoms with E-state index >= 15 is 0 Å². The molecule has 3 aromatic rings. The summed E-state index contributed by atoms with van der Waals surface area (Å²) in [6.07, 6.45) is 1.91. The van der Waals surface area contributed by atoms with Crippen LogP contribution in [0.15, 0.2) is 60.8 Å². The summed E-state index contributed by atoms with van der Waals surface area (Å²) in [7, 11) is 0. The lowest BCUT2D eigenvalue weighted by Gasteiger charge is -2.41. The molecular weight excluding hydrogens is 336 g/mol. The Morgan fingerprint density at radius 2 is 1.78 bits per heavy atom. The molecule has 2 aromatic carbocycles. The number of imidazole rings is 1. The molecule has 138 valence electrons. The maximum absolute atomic E-state index is 12.4. The van der Waals surface area contributed by atoms with Gasteiger partial charge in [0, 0.05) is 37.1 Å². The number of amides is 2. The average Bonchev–Trinajstić information content (AvgIpc) is 3.02. The maximum atomic E-state index is 12.4. The number of carbonyl (C=O) groups is 1. The Kier molecular flexibility index (Phi) is 4.67. The molecule has 0 radical (unpaired) electrons. The van der Waals surface area contributed by atoms with Crippen molar-refractivity contribution in [2.24, 2.45) is 0 Å². The third-order valence-electron chi connectivity index (χ3n) is 5.09. The molecule has 5 nitrogen and oxygen atoms in total. The minimum Gasteiger partial charge on any atom is -0.334 e. The number of likely N-dealkylation sites (tertiary alicyclic amines) is 1. The lowest BCUT2D eigenvalue weighted by atomic mass is 10.1. The second kappa shape index (κ2) is 7.27. The highest BCUT2D eigenvalue weighted by molar-refractivity contribution is 5.75. The van der Waals surface area contributed by atoms with Gasteiger partial charge in [-0.25, -0.2) is 9.78 Å². The Labute approximate surface area is 159 Å². The molecule has 0 saturated carbocycles. The van der Waals surface area contributed by atoms with E-state index in [1.54, 1.807) is 0 Å². The lowest BCUT2D eigenvalue weighted by Crippen LogP contribution is -2.54. The number of aromatic nitrogens is 2. The fourth-order valence-corrected chi connectivity index (χ4v) is 3.49. The van der Waals surface area contributed by atoms with Crippen molar-refractivity contribution >= 4 is 6.03 Å². The Balaban J connectivity index is 1.38. The van der Waals surface area contributed by atoms with Gasteiger partial charge in [-0.05, 0) is 19.4 Å². The highest BCUT2D eigenvalue weighted by Crippen LogP contribution is 2.29. The second-order valence-electron chi connectivity index (χ2n) is 7.16. The van der Waals surface area contributed by atoms with Gasteiger partial charge in [0.05, 0.1) is 6.04 Å². The van der Waals surface area contributed by atoms with Crippen LogP contribution in [-0.4, -0.2) is 33.6 Å². The van der Waals surface area contributed by atoms with Crippen LogP contribution in [0.1, 0.15) is 22.9 Å². The van der Waals surface area contributed by atoms with Gasteiger partial charge in [0.1, 0.15) is 5.82 Å². The molecule has 5 heteroatoms. The zero-order valence-corrected chi connectivity index (χ0v) is 15.7. The number of benzene rings is 2. The van der Waals surface area contributed by atoms with Gasteiger partial charge in [0.25, 0.3) is 0 Å². The van der Waals surface area contributed by atoms with Crippen molar-refractivity contribution in [3.05, 3.63) is 77.6 Å². The van der Waals surface area contributed by atoms with Gasteiger partial charge in [-0.3, -0.25) is 0 Å². The van der Waals surface area contributed by atoms with Gasteiger partial charge in [-0.1, -0.05) is 60.2 Å². The molecule has 27 heavy (non-hydrogen) atoms. The first-order valence-corrected chi connectivity index (χ1v) is 9.29. The molecule has 1 aliphatic rings. The summed E-state index contributed by atoms with van der Waals surface area (Å²) in [6.45, 7) is 6.09. The first-order valence-electron chi connectivity index (χ1n) is 9.29. The number of carbonyl (C=O) groups excluding carboxylic acids is 1. The number of hydrogen-bond donors (Lipinski definition) is 1. The molecular formula is C22H24N4O. The monoisotopic (exact) mass is 360 g/mol. The van der Waals surface area contributed by atoms with E-state index in [1.165, 1.54) is 5.56 Å². The second-order valence-corrected chi connectivity index (χ2v) is 7.16. The van der Waals surface area contributed by atoms with Gasteiger partial charge < -0.3 is 14.8 Å². The molecule has 1 N–H and O–H groups in total. The van der Waals surface area contributed by atoms with Crippen LogP contribution in [0.5, 0.6) is 0 Å². The van der Waals surface area contributed by atoms with Crippen LogP contribution >= 0.6 is 0 Å². The normalized spacial score (nSPS) is 14.1. The van der Waals surface area contributed by atoms with Crippen LogP contribution in [-0.2, 0) is 6.54 Å². The minimum atomic E-state index is -0.00847. The van der Waals surface area contributed by atoms with E-state index < -0.39 is 0 Å². The first-order chi connectivity index (χ1) is 13.1. The van der Waals surface area contributed by atoms with E-state index in [0.717, 1.165) is 22.6 Å². The summed E-state index contributed by atoms with van der Waals surface area (Å²) < 4.78 is 2.25. The molecule has 2 amide bonds. The standard InChI is InChI=1S/C22H24N4O/c1-16-8-10-18(11-9-16)13-24-22(27)25-14-20(15-25)26-17(2)12-23-21(26)19-6-4-3-5-7-19/h3-12,20H,13-15H2,1-2H3,(H,24,27). The summed E-state index contributed by atoms with van der Waals surface area (Å²) in [4.78, 5) is 18.9. The van der Waals surface area contributed by atoms with E-state index in [0.29, 0.717) is 19.6 Å².